The molecule has 1 fully saturated rings. The number of amides is 1. The summed E-state index contributed by atoms with van der Waals surface area (Å²) in [5.74, 6) is 1.43. The monoisotopic (exact) mass is 311 g/mol. The molecule has 0 unspecified atom stereocenters. The maximum atomic E-state index is 11.9. The molecular formula is C18H21N3O2. The molecule has 1 heterocycles. The van der Waals surface area contributed by atoms with Gasteiger partial charge in [-0.05, 0) is 24.5 Å². The molecule has 1 aliphatic rings. The zero-order valence-corrected chi connectivity index (χ0v) is 13.1. The highest BCUT2D eigenvalue weighted by Crippen LogP contribution is 2.28. The largest absolute Gasteiger partial charge is 0.424 e. The third-order valence-corrected chi connectivity index (χ3v) is 4.12. The fourth-order valence-electron chi connectivity index (χ4n) is 2.89. The van der Waals surface area contributed by atoms with Crippen molar-refractivity contribution in [2.45, 2.75) is 38.5 Å². The number of hydrogen-bond donors (Lipinski definition) is 1. The lowest BCUT2D eigenvalue weighted by Gasteiger charge is -2.09. The fourth-order valence-corrected chi connectivity index (χ4v) is 2.89. The summed E-state index contributed by atoms with van der Waals surface area (Å²) in [5.41, 5.74) is 0.599. The predicted molar refractivity (Wildman–Crippen MR) is 88.4 cm³/mol. The van der Waals surface area contributed by atoms with Crippen LogP contribution in [0.1, 0.15) is 38.5 Å². The molecule has 120 valence electrons. The Morgan fingerprint density at radius 1 is 1.13 bits per heavy atom. The van der Waals surface area contributed by atoms with Gasteiger partial charge < -0.3 is 10.1 Å². The number of nitrogens with zero attached hydrogens (tertiary/aromatic N) is 2. The summed E-state index contributed by atoms with van der Waals surface area (Å²) in [6.45, 7) is 0. The molecule has 1 N–H and O–H groups in total. The van der Waals surface area contributed by atoms with Crippen molar-refractivity contribution in [2.75, 3.05) is 5.32 Å². The highest BCUT2D eigenvalue weighted by Gasteiger charge is 2.16. The van der Waals surface area contributed by atoms with E-state index in [4.69, 9.17) is 4.74 Å². The minimum Gasteiger partial charge on any atom is -0.424 e. The van der Waals surface area contributed by atoms with E-state index in [0.29, 0.717) is 17.9 Å². The van der Waals surface area contributed by atoms with Crippen LogP contribution in [0.2, 0.25) is 0 Å². The molecule has 2 aromatic rings. The number of hydrogen-bond acceptors (Lipinski definition) is 4. The number of carbonyl (C=O) groups is 1. The first-order valence-corrected chi connectivity index (χ1v) is 8.14. The number of benzene rings is 1. The Morgan fingerprint density at radius 2 is 1.83 bits per heavy atom. The van der Waals surface area contributed by atoms with Crippen molar-refractivity contribution in [3.05, 3.63) is 42.7 Å². The normalized spacial score (nSPS) is 14.6. The molecule has 23 heavy (non-hydrogen) atoms. The summed E-state index contributed by atoms with van der Waals surface area (Å²) < 4.78 is 5.52. The van der Waals surface area contributed by atoms with Gasteiger partial charge in [-0.2, -0.15) is 0 Å². The molecule has 3 rings (SSSR count). The van der Waals surface area contributed by atoms with Crippen LogP contribution in [0, 0.1) is 5.92 Å². The zero-order valence-electron chi connectivity index (χ0n) is 13.1. The quantitative estimate of drug-likeness (QED) is 0.869. The van der Waals surface area contributed by atoms with Crippen molar-refractivity contribution in [1.29, 1.82) is 0 Å². The van der Waals surface area contributed by atoms with Gasteiger partial charge in [0.25, 0.3) is 0 Å². The number of nitrogens with one attached hydrogen (secondary N) is 1. The van der Waals surface area contributed by atoms with Crippen molar-refractivity contribution in [1.82, 2.24) is 9.97 Å². The molecule has 0 bridgehead atoms. The molecule has 0 radical (unpaired) electrons. The third kappa shape index (κ3) is 4.77. The Labute approximate surface area is 136 Å². The van der Waals surface area contributed by atoms with Gasteiger partial charge in [0.2, 0.25) is 5.91 Å². The summed E-state index contributed by atoms with van der Waals surface area (Å²) >= 11 is 0. The van der Waals surface area contributed by atoms with E-state index in [9.17, 15) is 4.79 Å². The maximum absolute atomic E-state index is 11.9. The molecule has 0 atom stereocenters. The minimum atomic E-state index is 0.0252. The van der Waals surface area contributed by atoms with E-state index >= 15 is 0 Å². The summed E-state index contributed by atoms with van der Waals surface area (Å²) in [6, 6.07) is 9.62. The van der Waals surface area contributed by atoms with Gasteiger partial charge in [0.05, 0.1) is 18.1 Å². The first-order chi connectivity index (χ1) is 11.3. The van der Waals surface area contributed by atoms with E-state index in [1.807, 2.05) is 30.3 Å². The topological polar surface area (TPSA) is 64.1 Å². The van der Waals surface area contributed by atoms with E-state index in [0.717, 1.165) is 12.3 Å². The average molecular weight is 311 g/mol. The van der Waals surface area contributed by atoms with E-state index in [1.54, 1.807) is 12.4 Å². The summed E-state index contributed by atoms with van der Waals surface area (Å²) in [7, 11) is 0. The third-order valence-electron chi connectivity index (χ3n) is 4.12. The Bertz CT molecular complexity index is 622. The molecule has 1 aromatic carbocycles. The number of rotatable bonds is 6. The second-order valence-corrected chi connectivity index (χ2v) is 5.91. The Morgan fingerprint density at radius 3 is 2.52 bits per heavy atom. The number of carbonyl (C=O) groups excluding carboxylic acids is 1. The Kier molecular flexibility index (Phi) is 5.19. The van der Waals surface area contributed by atoms with Gasteiger partial charge in [-0.3, -0.25) is 4.79 Å². The van der Waals surface area contributed by atoms with Crippen LogP contribution >= 0.6 is 0 Å². The van der Waals surface area contributed by atoms with Crippen LogP contribution in [0.4, 0.5) is 5.69 Å². The maximum Gasteiger partial charge on any atom is 0.322 e. The molecule has 5 nitrogen and oxygen atoms in total. The van der Waals surface area contributed by atoms with Gasteiger partial charge in [-0.15, -0.1) is 0 Å². The minimum absolute atomic E-state index is 0.0252. The van der Waals surface area contributed by atoms with Crippen molar-refractivity contribution in [3.8, 4) is 11.8 Å². The number of anilines is 1. The molecule has 1 aromatic heterocycles. The molecule has 5 heteroatoms. The van der Waals surface area contributed by atoms with Crippen LogP contribution in [0.15, 0.2) is 42.7 Å². The lowest BCUT2D eigenvalue weighted by Crippen LogP contribution is -2.13. The van der Waals surface area contributed by atoms with Crippen molar-refractivity contribution in [3.63, 3.8) is 0 Å². The number of aromatic nitrogens is 2. The van der Waals surface area contributed by atoms with E-state index < -0.39 is 0 Å². The second-order valence-electron chi connectivity index (χ2n) is 5.91. The van der Waals surface area contributed by atoms with Gasteiger partial charge in [-0.1, -0.05) is 43.9 Å². The van der Waals surface area contributed by atoms with Crippen molar-refractivity contribution >= 4 is 11.6 Å². The van der Waals surface area contributed by atoms with Crippen LogP contribution in [-0.4, -0.2) is 15.9 Å². The average Bonchev–Trinajstić information content (AvgIpc) is 3.09. The first-order valence-electron chi connectivity index (χ1n) is 8.14. The van der Waals surface area contributed by atoms with E-state index in [1.165, 1.54) is 25.7 Å². The summed E-state index contributed by atoms with van der Waals surface area (Å²) in [4.78, 5) is 20.2. The van der Waals surface area contributed by atoms with Crippen molar-refractivity contribution < 1.29 is 9.53 Å². The van der Waals surface area contributed by atoms with Crippen molar-refractivity contribution in [2.24, 2.45) is 5.92 Å². The van der Waals surface area contributed by atoms with E-state index in [-0.39, 0.29) is 11.9 Å². The van der Waals surface area contributed by atoms with Gasteiger partial charge >= 0.3 is 6.01 Å². The SMILES string of the molecule is O=C(CCC1CCCC1)Nc1cnc(Oc2ccccc2)nc1. The molecular weight excluding hydrogens is 290 g/mol. The highest BCUT2D eigenvalue weighted by atomic mass is 16.5. The second kappa shape index (κ2) is 7.72. The lowest BCUT2D eigenvalue weighted by atomic mass is 10.0. The first kappa shape index (κ1) is 15.5. The smallest absolute Gasteiger partial charge is 0.322 e. The molecule has 1 amide bonds. The van der Waals surface area contributed by atoms with Crippen LogP contribution in [-0.2, 0) is 4.79 Å². The zero-order chi connectivity index (χ0) is 15.9. The molecule has 0 aliphatic heterocycles. The van der Waals surface area contributed by atoms with Crippen LogP contribution in [0.3, 0.4) is 0 Å². The Hall–Kier alpha value is -2.43. The molecule has 0 saturated heterocycles. The predicted octanol–water partition coefficient (Wildman–Crippen LogP) is 4.18. The number of para-hydroxylation sites is 1. The molecule has 1 aliphatic carbocycles. The summed E-state index contributed by atoms with van der Waals surface area (Å²) in [5, 5.41) is 2.84. The number of ether oxygens (including phenoxy) is 1. The molecule has 0 spiro atoms. The van der Waals surface area contributed by atoms with Crippen LogP contribution in [0.25, 0.3) is 0 Å². The van der Waals surface area contributed by atoms with Gasteiger partial charge in [0.15, 0.2) is 0 Å². The summed E-state index contributed by atoms with van der Waals surface area (Å²) in [6.07, 6.45) is 9.82. The highest BCUT2D eigenvalue weighted by molar-refractivity contribution is 5.90. The standard InChI is InChI=1S/C18H21N3O2/c22-17(11-10-14-6-4-5-7-14)21-15-12-19-18(20-13-15)23-16-8-2-1-3-9-16/h1-3,8-9,12-14H,4-7,10-11H2,(H,21,22). The van der Waals surface area contributed by atoms with Gasteiger partial charge in [0.1, 0.15) is 5.75 Å². The van der Waals surface area contributed by atoms with Gasteiger partial charge in [0, 0.05) is 6.42 Å². The lowest BCUT2D eigenvalue weighted by molar-refractivity contribution is -0.116. The van der Waals surface area contributed by atoms with Crippen LogP contribution in [0.5, 0.6) is 11.8 Å². The molecule has 1 saturated carbocycles. The Balaban J connectivity index is 1.47. The van der Waals surface area contributed by atoms with Crippen LogP contribution < -0.4 is 10.1 Å². The van der Waals surface area contributed by atoms with E-state index in [2.05, 4.69) is 15.3 Å². The fraction of sp³-hybridized carbons (Fsp3) is 0.389. The van der Waals surface area contributed by atoms with Gasteiger partial charge in [-0.25, -0.2) is 9.97 Å².